The number of nitrogens with zero attached hydrogens (tertiary/aromatic N) is 4. The third-order valence-corrected chi connectivity index (χ3v) is 3.90. The molecule has 1 aliphatic rings. The van der Waals surface area contributed by atoms with E-state index < -0.39 is 0 Å². The van der Waals surface area contributed by atoms with Crippen LogP contribution in [0.4, 0.5) is 11.6 Å². The summed E-state index contributed by atoms with van der Waals surface area (Å²) in [5.74, 6) is 1.60. The predicted octanol–water partition coefficient (Wildman–Crippen LogP) is 1.34. The Morgan fingerprint density at radius 3 is 2.91 bits per heavy atom. The first kappa shape index (κ1) is 14.5. The molecular formula is C15H20N6O. The Morgan fingerprint density at radius 1 is 1.27 bits per heavy atom. The molecule has 1 fully saturated rings. The zero-order valence-corrected chi connectivity index (χ0v) is 12.6. The van der Waals surface area contributed by atoms with E-state index in [1.165, 1.54) is 12.5 Å². The zero-order chi connectivity index (χ0) is 15.4. The number of piperidine rings is 1. The summed E-state index contributed by atoms with van der Waals surface area (Å²) in [4.78, 5) is 13.4. The van der Waals surface area contributed by atoms with Gasteiger partial charge in [0.2, 0.25) is 0 Å². The molecule has 0 aromatic carbocycles. The van der Waals surface area contributed by atoms with Gasteiger partial charge in [-0.25, -0.2) is 5.10 Å². The van der Waals surface area contributed by atoms with E-state index >= 15 is 0 Å². The number of hydrogen-bond donors (Lipinski definition) is 2. The van der Waals surface area contributed by atoms with Crippen molar-refractivity contribution >= 4 is 11.6 Å². The lowest BCUT2D eigenvalue weighted by atomic mass is 10.0. The summed E-state index contributed by atoms with van der Waals surface area (Å²) < 4.78 is 0. The fraction of sp³-hybridized carbons (Fsp3) is 0.467. The van der Waals surface area contributed by atoms with Gasteiger partial charge in [0.15, 0.2) is 0 Å². The molecule has 0 bridgehead atoms. The predicted molar refractivity (Wildman–Crippen MR) is 85.1 cm³/mol. The van der Waals surface area contributed by atoms with Crippen molar-refractivity contribution < 1.29 is 0 Å². The van der Waals surface area contributed by atoms with Crippen LogP contribution in [0.25, 0.3) is 0 Å². The summed E-state index contributed by atoms with van der Waals surface area (Å²) in [5, 5.41) is 18.2. The van der Waals surface area contributed by atoms with Crippen molar-refractivity contribution in [2.45, 2.75) is 32.2 Å². The van der Waals surface area contributed by atoms with E-state index in [0.717, 1.165) is 43.3 Å². The van der Waals surface area contributed by atoms with Gasteiger partial charge < -0.3 is 10.2 Å². The second-order valence-corrected chi connectivity index (χ2v) is 5.56. The third-order valence-electron chi connectivity index (χ3n) is 3.90. The monoisotopic (exact) mass is 300 g/mol. The molecule has 22 heavy (non-hydrogen) atoms. The molecular weight excluding hydrogens is 280 g/mol. The van der Waals surface area contributed by atoms with Gasteiger partial charge in [-0.05, 0) is 44.4 Å². The summed E-state index contributed by atoms with van der Waals surface area (Å²) in [6, 6.07) is 7.51. The summed E-state index contributed by atoms with van der Waals surface area (Å²) in [6.07, 6.45) is 3.43. The maximum absolute atomic E-state index is 11.2. The molecule has 1 atom stereocenters. The Balaban J connectivity index is 1.68. The first-order valence-electron chi connectivity index (χ1n) is 7.59. The maximum atomic E-state index is 11.2. The highest BCUT2D eigenvalue weighted by atomic mass is 16.1. The average Bonchev–Trinajstić information content (AvgIpc) is 2.55. The van der Waals surface area contributed by atoms with Crippen LogP contribution in [-0.2, 0) is 0 Å². The van der Waals surface area contributed by atoms with Gasteiger partial charge in [0.1, 0.15) is 11.6 Å². The van der Waals surface area contributed by atoms with Gasteiger partial charge in [0.05, 0.1) is 5.69 Å². The Kier molecular flexibility index (Phi) is 4.32. The quantitative estimate of drug-likeness (QED) is 0.886. The highest BCUT2D eigenvalue weighted by molar-refractivity contribution is 5.40. The molecule has 0 radical (unpaired) electrons. The van der Waals surface area contributed by atoms with Crippen LogP contribution >= 0.6 is 0 Å². The topological polar surface area (TPSA) is 86.8 Å². The van der Waals surface area contributed by atoms with Crippen LogP contribution in [0, 0.1) is 6.92 Å². The Hall–Kier alpha value is -2.44. The fourth-order valence-electron chi connectivity index (χ4n) is 2.73. The summed E-state index contributed by atoms with van der Waals surface area (Å²) >= 11 is 0. The van der Waals surface area contributed by atoms with E-state index in [-0.39, 0.29) is 5.56 Å². The van der Waals surface area contributed by atoms with Gasteiger partial charge in [-0.15, -0.1) is 5.10 Å². The van der Waals surface area contributed by atoms with Crippen LogP contribution in [0.1, 0.15) is 25.0 Å². The van der Waals surface area contributed by atoms with Crippen molar-refractivity contribution in [2.24, 2.45) is 0 Å². The van der Waals surface area contributed by atoms with Gasteiger partial charge in [-0.2, -0.15) is 10.2 Å². The van der Waals surface area contributed by atoms with Gasteiger partial charge in [-0.1, -0.05) is 0 Å². The molecule has 1 unspecified atom stereocenters. The second kappa shape index (κ2) is 6.55. The largest absolute Gasteiger partial charge is 0.367 e. The molecule has 0 spiro atoms. The van der Waals surface area contributed by atoms with Crippen molar-refractivity contribution in [3.05, 3.63) is 40.3 Å². The first-order chi connectivity index (χ1) is 10.7. The molecule has 2 aromatic heterocycles. The number of rotatable bonds is 4. The van der Waals surface area contributed by atoms with E-state index in [1.807, 2.05) is 19.1 Å². The summed E-state index contributed by atoms with van der Waals surface area (Å²) in [7, 11) is 0. The van der Waals surface area contributed by atoms with Crippen molar-refractivity contribution in [3.63, 3.8) is 0 Å². The molecule has 2 aromatic rings. The molecule has 0 saturated carbocycles. The standard InChI is InChI=1S/C15H20N6O/c1-11-5-6-13(18-17-11)16-10-12-4-2-3-9-21(12)14-7-8-15(22)20-19-14/h5-8,12H,2-4,9-10H2,1H3,(H,16,18)(H,20,22). The minimum absolute atomic E-state index is 0.176. The number of hydrogen-bond acceptors (Lipinski definition) is 6. The minimum atomic E-state index is -0.176. The van der Waals surface area contributed by atoms with Crippen LogP contribution in [0.3, 0.4) is 0 Å². The number of nitrogens with one attached hydrogen (secondary N) is 2. The molecule has 0 aliphatic carbocycles. The fourth-order valence-corrected chi connectivity index (χ4v) is 2.73. The lowest BCUT2D eigenvalue weighted by Crippen LogP contribution is -2.44. The van der Waals surface area contributed by atoms with Gasteiger partial charge in [0, 0.05) is 25.2 Å². The number of aryl methyl sites for hydroxylation is 1. The molecule has 116 valence electrons. The Labute approximate surface area is 128 Å². The highest BCUT2D eigenvalue weighted by Crippen LogP contribution is 2.22. The average molecular weight is 300 g/mol. The number of anilines is 2. The van der Waals surface area contributed by atoms with E-state index in [9.17, 15) is 4.79 Å². The third kappa shape index (κ3) is 3.41. The summed E-state index contributed by atoms with van der Waals surface area (Å²) in [6.45, 7) is 3.64. The molecule has 1 saturated heterocycles. The molecule has 0 amide bonds. The molecule has 7 nitrogen and oxygen atoms in total. The van der Waals surface area contributed by atoms with Gasteiger partial charge in [0.25, 0.3) is 5.56 Å². The van der Waals surface area contributed by atoms with Crippen molar-refractivity contribution in [1.82, 2.24) is 20.4 Å². The second-order valence-electron chi connectivity index (χ2n) is 5.56. The van der Waals surface area contributed by atoms with Crippen LogP contribution in [-0.4, -0.2) is 39.5 Å². The molecule has 2 N–H and O–H groups in total. The number of aromatic nitrogens is 4. The van der Waals surface area contributed by atoms with Crippen molar-refractivity contribution in [2.75, 3.05) is 23.3 Å². The van der Waals surface area contributed by atoms with Gasteiger partial charge in [-0.3, -0.25) is 4.79 Å². The van der Waals surface area contributed by atoms with E-state index in [0.29, 0.717) is 6.04 Å². The maximum Gasteiger partial charge on any atom is 0.264 e. The lowest BCUT2D eigenvalue weighted by molar-refractivity contribution is 0.467. The Bertz CT molecular complexity index is 648. The summed E-state index contributed by atoms with van der Waals surface area (Å²) in [5.41, 5.74) is 0.729. The van der Waals surface area contributed by atoms with Crippen LogP contribution in [0.2, 0.25) is 0 Å². The van der Waals surface area contributed by atoms with Crippen molar-refractivity contribution in [1.29, 1.82) is 0 Å². The van der Waals surface area contributed by atoms with Crippen LogP contribution in [0.15, 0.2) is 29.1 Å². The van der Waals surface area contributed by atoms with E-state index in [2.05, 4.69) is 30.6 Å². The smallest absolute Gasteiger partial charge is 0.264 e. The van der Waals surface area contributed by atoms with Crippen LogP contribution in [0.5, 0.6) is 0 Å². The van der Waals surface area contributed by atoms with Crippen LogP contribution < -0.4 is 15.8 Å². The van der Waals surface area contributed by atoms with E-state index in [4.69, 9.17) is 0 Å². The SMILES string of the molecule is Cc1ccc(NCC2CCCCN2c2ccc(=O)[nH]n2)nn1. The van der Waals surface area contributed by atoms with Crippen molar-refractivity contribution in [3.8, 4) is 0 Å². The highest BCUT2D eigenvalue weighted by Gasteiger charge is 2.23. The zero-order valence-electron chi connectivity index (χ0n) is 12.6. The number of aromatic amines is 1. The normalized spacial score (nSPS) is 18.2. The van der Waals surface area contributed by atoms with Gasteiger partial charge >= 0.3 is 0 Å². The first-order valence-corrected chi connectivity index (χ1v) is 7.59. The molecule has 7 heteroatoms. The van der Waals surface area contributed by atoms with E-state index in [1.54, 1.807) is 6.07 Å². The Morgan fingerprint density at radius 2 is 2.18 bits per heavy atom. The molecule has 3 rings (SSSR count). The molecule has 1 aliphatic heterocycles. The lowest BCUT2D eigenvalue weighted by Gasteiger charge is -2.36. The number of H-pyrrole nitrogens is 1. The molecule has 3 heterocycles. The minimum Gasteiger partial charge on any atom is -0.367 e.